The fraction of sp³-hybridized carbons (Fsp3) is 0.500. The molecule has 1 saturated heterocycles. The Morgan fingerprint density at radius 3 is 2.89 bits per heavy atom. The van der Waals surface area contributed by atoms with Crippen LogP contribution in [0.3, 0.4) is 0 Å². The van der Waals surface area contributed by atoms with Gasteiger partial charge in [-0.15, -0.1) is 0 Å². The van der Waals surface area contributed by atoms with Crippen molar-refractivity contribution in [3.63, 3.8) is 0 Å². The Balaban J connectivity index is 1.96. The Bertz CT molecular complexity index is 416. The maximum absolute atomic E-state index is 12.1. The number of benzene rings is 1. The third-order valence-electron chi connectivity index (χ3n) is 3.36. The zero-order chi connectivity index (χ0) is 13.0. The van der Waals surface area contributed by atoms with E-state index in [9.17, 15) is 4.79 Å². The largest absolute Gasteiger partial charge is 0.348 e. The van der Waals surface area contributed by atoms with Crippen LogP contribution in [0, 0.1) is 0 Å². The number of amides is 1. The number of carbonyl (C=O) groups excluding carboxylic acids is 1. The number of hydrogen-bond donors (Lipinski definition) is 2. The molecule has 0 aromatic heterocycles. The van der Waals surface area contributed by atoms with Gasteiger partial charge in [-0.05, 0) is 37.9 Å². The highest BCUT2D eigenvalue weighted by Crippen LogP contribution is 2.22. The summed E-state index contributed by atoms with van der Waals surface area (Å²) < 4.78 is 0. The Morgan fingerprint density at radius 1 is 1.44 bits per heavy atom. The minimum absolute atomic E-state index is 0.0521. The fourth-order valence-corrected chi connectivity index (χ4v) is 2.59. The van der Waals surface area contributed by atoms with E-state index in [0.717, 1.165) is 31.4 Å². The van der Waals surface area contributed by atoms with E-state index in [-0.39, 0.29) is 18.0 Å². The van der Waals surface area contributed by atoms with E-state index in [1.807, 2.05) is 31.2 Å². The number of carbonyl (C=O) groups is 1. The van der Waals surface area contributed by atoms with Crippen molar-refractivity contribution in [1.82, 2.24) is 10.6 Å². The molecule has 2 atom stereocenters. The first-order valence-corrected chi connectivity index (χ1v) is 6.84. The van der Waals surface area contributed by atoms with Gasteiger partial charge < -0.3 is 10.6 Å². The summed E-state index contributed by atoms with van der Waals surface area (Å²) in [5.74, 6) is 0.0714. The number of piperidine rings is 1. The van der Waals surface area contributed by atoms with Gasteiger partial charge in [0.15, 0.2) is 0 Å². The molecule has 18 heavy (non-hydrogen) atoms. The molecule has 1 fully saturated rings. The van der Waals surface area contributed by atoms with Crippen LogP contribution in [0.4, 0.5) is 0 Å². The lowest BCUT2D eigenvalue weighted by molar-refractivity contribution is -0.124. The Labute approximate surface area is 113 Å². The predicted molar refractivity (Wildman–Crippen MR) is 73.7 cm³/mol. The van der Waals surface area contributed by atoms with E-state index >= 15 is 0 Å². The highest BCUT2D eigenvalue weighted by Gasteiger charge is 2.22. The van der Waals surface area contributed by atoms with Crippen LogP contribution in [0.1, 0.15) is 37.8 Å². The average Bonchev–Trinajstić information content (AvgIpc) is 2.40. The average molecular weight is 267 g/mol. The van der Waals surface area contributed by atoms with Gasteiger partial charge in [0.2, 0.25) is 5.91 Å². The van der Waals surface area contributed by atoms with Crippen molar-refractivity contribution in [2.45, 2.75) is 38.3 Å². The molecule has 2 rings (SSSR count). The highest BCUT2D eigenvalue weighted by atomic mass is 35.5. The standard InChI is InChI=1S/C14H19ClN2O/c1-10(11-6-2-3-7-12(11)15)17-14(18)13-8-4-5-9-16-13/h2-3,6-7,10,13,16H,4-5,8-9H2,1H3,(H,17,18)/t10-,13-/m0/s1. The summed E-state index contributed by atoms with van der Waals surface area (Å²) in [7, 11) is 0. The molecule has 1 heterocycles. The van der Waals surface area contributed by atoms with Crippen LogP contribution in [0.25, 0.3) is 0 Å². The molecular weight excluding hydrogens is 248 g/mol. The highest BCUT2D eigenvalue weighted by molar-refractivity contribution is 6.31. The van der Waals surface area contributed by atoms with Gasteiger partial charge in [0, 0.05) is 5.02 Å². The van der Waals surface area contributed by atoms with Gasteiger partial charge >= 0.3 is 0 Å². The Morgan fingerprint density at radius 2 is 2.22 bits per heavy atom. The summed E-state index contributed by atoms with van der Waals surface area (Å²) in [6, 6.07) is 7.50. The first kappa shape index (κ1) is 13.4. The molecule has 2 N–H and O–H groups in total. The molecular formula is C14H19ClN2O. The van der Waals surface area contributed by atoms with Gasteiger partial charge in [0.1, 0.15) is 0 Å². The fourth-order valence-electron chi connectivity index (χ4n) is 2.29. The molecule has 98 valence electrons. The first-order chi connectivity index (χ1) is 8.68. The number of halogens is 1. The van der Waals surface area contributed by atoms with E-state index in [1.165, 1.54) is 0 Å². The smallest absolute Gasteiger partial charge is 0.237 e. The molecule has 1 amide bonds. The van der Waals surface area contributed by atoms with Crippen molar-refractivity contribution < 1.29 is 4.79 Å². The Hall–Kier alpha value is -1.06. The van der Waals surface area contributed by atoms with Crippen LogP contribution >= 0.6 is 11.6 Å². The van der Waals surface area contributed by atoms with Gasteiger partial charge in [0.25, 0.3) is 0 Å². The number of hydrogen-bond acceptors (Lipinski definition) is 2. The van der Waals surface area contributed by atoms with Crippen molar-refractivity contribution in [3.8, 4) is 0 Å². The summed E-state index contributed by atoms with van der Waals surface area (Å²) in [4.78, 5) is 12.1. The summed E-state index contributed by atoms with van der Waals surface area (Å²) >= 11 is 6.12. The van der Waals surface area contributed by atoms with E-state index in [4.69, 9.17) is 11.6 Å². The molecule has 1 aliphatic heterocycles. The topological polar surface area (TPSA) is 41.1 Å². The van der Waals surface area contributed by atoms with Gasteiger partial charge in [-0.25, -0.2) is 0 Å². The quantitative estimate of drug-likeness (QED) is 0.883. The third-order valence-corrected chi connectivity index (χ3v) is 3.70. The molecule has 4 heteroatoms. The predicted octanol–water partition coefficient (Wildman–Crippen LogP) is 2.66. The molecule has 0 aliphatic carbocycles. The van der Waals surface area contributed by atoms with E-state index in [0.29, 0.717) is 5.02 Å². The molecule has 0 unspecified atom stereocenters. The van der Waals surface area contributed by atoms with E-state index in [1.54, 1.807) is 0 Å². The lowest BCUT2D eigenvalue weighted by Gasteiger charge is -2.25. The lowest BCUT2D eigenvalue weighted by Crippen LogP contribution is -2.47. The summed E-state index contributed by atoms with van der Waals surface area (Å²) in [6.07, 6.45) is 3.19. The van der Waals surface area contributed by atoms with Crippen molar-refractivity contribution in [1.29, 1.82) is 0 Å². The van der Waals surface area contributed by atoms with Crippen molar-refractivity contribution in [2.75, 3.05) is 6.54 Å². The Kier molecular flexibility index (Phi) is 4.61. The number of rotatable bonds is 3. The van der Waals surface area contributed by atoms with Crippen LogP contribution < -0.4 is 10.6 Å². The minimum atomic E-state index is -0.0603. The maximum atomic E-state index is 12.1. The van der Waals surface area contributed by atoms with Crippen LogP contribution in [-0.4, -0.2) is 18.5 Å². The molecule has 1 aromatic carbocycles. The van der Waals surface area contributed by atoms with Crippen molar-refractivity contribution in [3.05, 3.63) is 34.9 Å². The SMILES string of the molecule is C[C@H](NC(=O)[C@@H]1CCCCN1)c1ccccc1Cl. The zero-order valence-corrected chi connectivity index (χ0v) is 11.3. The monoisotopic (exact) mass is 266 g/mol. The van der Waals surface area contributed by atoms with Gasteiger partial charge in [-0.3, -0.25) is 4.79 Å². The third kappa shape index (κ3) is 3.24. The van der Waals surface area contributed by atoms with E-state index < -0.39 is 0 Å². The molecule has 1 aromatic rings. The summed E-state index contributed by atoms with van der Waals surface area (Å²) in [5.41, 5.74) is 0.961. The second-order valence-electron chi connectivity index (χ2n) is 4.75. The molecule has 0 radical (unpaired) electrons. The van der Waals surface area contributed by atoms with Crippen molar-refractivity contribution in [2.24, 2.45) is 0 Å². The van der Waals surface area contributed by atoms with Crippen LogP contribution in [-0.2, 0) is 4.79 Å². The lowest BCUT2D eigenvalue weighted by atomic mass is 10.0. The summed E-state index contributed by atoms with van der Waals surface area (Å²) in [6.45, 7) is 2.89. The van der Waals surface area contributed by atoms with E-state index in [2.05, 4.69) is 10.6 Å². The van der Waals surface area contributed by atoms with Crippen molar-refractivity contribution >= 4 is 17.5 Å². The second kappa shape index (κ2) is 6.21. The summed E-state index contributed by atoms with van der Waals surface area (Å²) in [5, 5.41) is 6.96. The van der Waals surface area contributed by atoms with Gasteiger partial charge in [-0.1, -0.05) is 36.2 Å². The second-order valence-corrected chi connectivity index (χ2v) is 5.16. The first-order valence-electron chi connectivity index (χ1n) is 6.46. The maximum Gasteiger partial charge on any atom is 0.237 e. The number of nitrogens with one attached hydrogen (secondary N) is 2. The van der Waals surface area contributed by atoms with Crippen LogP contribution in [0.15, 0.2) is 24.3 Å². The van der Waals surface area contributed by atoms with Gasteiger partial charge in [-0.2, -0.15) is 0 Å². The normalized spacial score (nSPS) is 21.3. The molecule has 0 saturated carbocycles. The van der Waals surface area contributed by atoms with Gasteiger partial charge in [0.05, 0.1) is 12.1 Å². The zero-order valence-electron chi connectivity index (χ0n) is 10.6. The van der Waals surface area contributed by atoms with Crippen LogP contribution in [0.5, 0.6) is 0 Å². The molecule has 1 aliphatic rings. The van der Waals surface area contributed by atoms with Crippen LogP contribution in [0.2, 0.25) is 5.02 Å². The molecule has 3 nitrogen and oxygen atoms in total. The molecule has 0 spiro atoms. The molecule has 0 bridgehead atoms. The minimum Gasteiger partial charge on any atom is -0.348 e.